The molecule has 29 heavy (non-hydrogen) atoms. The molecule has 3 rings (SSSR count). The van der Waals surface area contributed by atoms with Gasteiger partial charge < -0.3 is 25.1 Å². The second kappa shape index (κ2) is 11.2. The molecular formula is C21H33IN4O2S. The highest BCUT2D eigenvalue weighted by Gasteiger charge is 2.29. The van der Waals surface area contributed by atoms with Crippen LogP contribution >= 0.6 is 35.7 Å². The van der Waals surface area contributed by atoms with Gasteiger partial charge in [0.1, 0.15) is 11.5 Å². The Morgan fingerprint density at radius 2 is 2.07 bits per heavy atom. The minimum atomic E-state index is 0. The van der Waals surface area contributed by atoms with Gasteiger partial charge in [-0.15, -0.1) is 24.0 Å². The van der Waals surface area contributed by atoms with E-state index in [2.05, 4.69) is 45.4 Å². The number of aliphatic imine (C=N–C) groups is 1. The van der Waals surface area contributed by atoms with Crippen LogP contribution in [0.5, 0.6) is 11.5 Å². The molecule has 1 unspecified atom stereocenters. The van der Waals surface area contributed by atoms with E-state index in [1.165, 1.54) is 24.3 Å². The number of fused-ring (bicyclic) bond motifs is 1. The fourth-order valence-corrected chi connectivity index (χ4v) is 4.86. The number of aromatic amines is 1. The lowest BCUT2D eigenvalue weighted by Crippen LogP contribution is -2.43. The topological polar surface area (TPSA) is 70.7 Å². The van der Waals surface area contributed by atoms with Crippen LogP contribution in [0.15, 0.2) is 23.2 Å². The van der Waals surface area contributed by atoms with Gasteiger partial charge in [0.05, 0.1) is 19.7 Å². The predicted molar refractivity (Wildman–Crippen MR) is 135 cm³/mol. The van der Waals surface area contributed by atoms with E-state index in [0.29, 0.717) is 4.75 Å². The highest BCUT2D eigenvalue weighted by molar-refractivity contribution is 14.0. The Bertz CT molecular complexity index is 818. The van der Waals surface area contributed by atoms with Crippen LogP contribution < -0.4 is 20.1 Å². The number of H-pyrrole nitrogens is 1. The van der Waals surface area contributed by atoms with Crippen LogP contribution in [0.2, 0.25) is 0 Å². The first-order valence-corrected chi connectivity index (χ1v) is 10.9. The number of benzene rings is 1. The number of rotatable bonds is 8. The van der Waals surface area contributed by atoms with Gasteiger partial charge in [0.25, 0.3) is 0 Å². The van der Waals surface area contributed by atoms with Crippen molar-refractivity contribution in [2.75, 3.05) is 40.1 Å². The van der Waals surface area contributed by atoms with E-state index >= 15 is 0 Å². The Morgan fingerprint density at radius 3 is 2.72 bits per heavy atom. The van der Waals surface area contributed by atoms with Gasteiger partial charge in [0.2, 0.25) is 0 Å². The SMILES string of the molecule is CN=C(NCCCc1cc2c(OC)cc(OC)cc2[nH]1)NCC1(C)CCCS1.I. The van der Waals surface area contributed by atoms with Gasteiger partial charge in [-0.3, -0.25) is 4.99 Å². The molecule has 2 aromatic rings. The molecule has 8 heteroatoms. The van der Waals surface area contributed by atoms with E-state index in [1.807, 2.05) is 19.2 Å². The molecule has 0 spiro atoms. The number of hydrogen-bond acceptors (Lipinski definition) is 4. The number of guanidine groups is 1. The third kappa shape index (κ3) is 6.34. The number of hydrogen-bond donors (Lipinski definition) is 3. The van der Waals surface area contributed by atoms with Crippen molar-refractivity contribution >= 4 is 52.6 Å². The Kier molecular flexibility index (Phi) is 9.26. The highest BCUT2D eigenvalue weighted by Crippen LogP contribution is 2.37. The fraction of sp³-hybridized carbons (Fsp3) is 0.571. The van der Waals surface area contributed by atoms with Crippen LogP contribution in [-0.4, -0.2) is 55.8 Å². The summed E-state index contributed by atoms with van der Waals surface area (Å²) >= 11 is 2.06. The fourth-order valence-electron chi connectivity index (χ4n) is 3.61. The molecule has 0 bridgehead atoms. The average molecular weight is 532 g/mol. The molecule has 1 aliphatic rings. The Morgan fingerprint density at radius 1 is 1.24 bits per heavy atom. The number of methoxy groups -OCH3 is 2. The molecule has 1 aromatic carbocycles. The van der Waals surface area contributed by atoms with Crippen LogP contribution in [0.25, 0.3) is 10.9 Å². The number of aromatic nitrogens is 1. The number of ether oxygens (including phenoxy) is 2. The Labute approximate surface area is 195 Å². The molecule has 0 aliphatic carbocycles. The zero-order valence-corrected chi connectivity index (χ0v) is 20.9. The van der Waals surface area contributed by atoms with Crippen molar-refractivity contribution in [3.63, 3.8) is 0 Å². The van der Waals surface area contributed by atoms with Crippen molar-refractivity contribution < 1.29 is 9.47 Å². The van der Waals surface area contributed by atoms with Crippen molar-refractivity contribution in [2.24, 2.45) is 4.99 Å². The number of aryl methyl sites for hydroxylation is 1. The number of nitrogens with zero attached hydrogens (tertiary/aromatic N) is 1. The maximum atomic E-state index is 5.49. The molecule has 1 atom stereocenters. The second-order valence-electron chi connectivity index (χ2n) is 7.44. The third-order valence-corrected chi connectivity index (χ3v) is 6.79. The molecular weight excluding hydrogens is 499 g/mol. The lowest BCUT2D eigenvalue weighted by Gasteiger charge is -2.24. The first kappa shape index (κ1) is 24.0. The minimum absolute atomic E-state index is 0. The Balaban J connectivity index is 0.00000300. The number of thioether (sulfide) groups is 1. The normalized spacial score (nSPS) is 19.1. The second-order valence-corrected chi connectivity index (χ2v) is 9.13. The van der Waals surface area contributed by atoms with Gasteiger partial charge in [-0.05, 0) is 44.4 Å². The van der Waals surface area contributed by atoms with Crippen LogP contribution in [0.1, 0.15) is 31.9 Å². The van der Waals surface area contributed by atoms with Gasteiger partial charge in [0, 0.05) is 48.1 Å². The summed E-state index contributed by atoms with van der Waals surface area (Å²) in [5.74, 6) is 3.78. The maximum Gasteiger partial charge on any atom is 0.191 e. The number of halogens is 1. The van der Waals surface area contributed by atoms with Crippen molar-refractivity contribution in [3.8, 4) is 11.5 Å². The highest BCUT2D eigenvalue weighted by atomic mass is 127. The average Bonchev–Trinajstić information content (AvgIpc) is 3.32. The van der Waals surface area contributed by atoms with Crippen molar-refractivity contribution in [1.29, 1.82) is 0 Å². The summed E-state index contributed by atoms with van der Waals surface area (Å²) in [6, 6.07) is 6.09. The Hall–Kier alpha value is -1.29. The molecule has 0 radical (unpaired) electrons. The van der Waals surface area contributed by atoms with Crippen LogP contribution in [0.4, 0.5) is 0 Å². The lowest BCUT2D eigenvalue weighted by atomic mass is 10.1. The zero-order chi connectivity index (χ0) is 20.0. The predicted octanol–water partition coefficient (Wildman–Crippen LogP) is 4.19. The van der Waals surface area contributed by atoms with Gasteiger partial charge in [-0.2, -0.15) is 11.8 Å². The first-order valence-electron chi connectivity index (χ1n) is 9.89. The van der Waals surface area contributed by atoms with E-state index in [1.54, 1.807) is 14.2 Å². The van der Waals surface area contributed by atoms with Crippen LogP contribution in [0, 0.1) is 0 Å². The molecule has 1 fully saturated rings. The number of nitrogens with one attached hydrogen (secondary N) is 3. The standard InChI is InChI=1S/C21H32N4O2S.HI/c1-21(8-6-10-28-21)14-24-20(22-2)23-9-5-7-15-11-17-18(25-15)12-16(26-3)13-19(17)27-4;/h11-13,25H,5-10,14H2,1-4H3,(H2,22,23,24);1H. The van der Waals surface area contributed by atoms with Crippen LogP contribution in [-0.2, 0) is 6.42 Å². The zero-order valence-electron chi connectivity index (χ0n) is 17.8. The van der Waals surface area contributed by atoms with Gasteiger partial charge in [-0.1, -0.05) is 0 Å². The van der Waals surface area contributed by atoms with Gasteiger partial charge in [0.15, 0.2) is 5.96 Å². The molecule has 2 heterocycles. The maximum absolute atomic E-state index is 5.49. The molecule has 0 amide bonds. The van der Waals surface area contributed by atoms with E-state index in [4.69, 9.17) is 9.47 Å². The van der Waals surface area contributed by atoms with Crippen molar-refractivity contribution in [1.82, 2.24) is 15.6 Å². The lowest BCUT2D eigenvalue weighted by molar-refractivity contribution is 0.398. The molecule has 1 aliphatic heterocycles. The van der Waals surface area contributed by atoms with Crippen molar-refractivity contribution in [2.45, 2.75) is 37.4 Å². The summed E-state index contributed by atoms with van der Waals surface area (Å²) < 4.78 is 11.2. The summed E-state index contributed by atoms with van der Waals surface area (Å²) in [6.45, 7) is 4.17. The van der Waals surface area contributed by atoms with E-state index in [-0.39, 0.29) is 24.0 Å². The van der Waals surface area contributed by atoms with E-state index in [0.717, 1.165) is 54.3 Å². The summed E-state index contributed by atoms with van der Waals surface area (Å²) in [5, 5.41) is 7.99. The largest absolute Gasteiger partial charge is 0.497 e. The minimum Gasteiger partial charge on any atom is -0.497 e. The van der Waals surface area contributed by atoms with Crippen molar-refractivity contribution in [3.05, 3.63) is 23.9 Å². The first-order chi connectivity index (χ1) is 13.6. The molecule has 3 N–H and O–H groups in total. The molecule has 1 aromatic heterocycles. The molecule has 6 nitrogen and oxygen atoms in total. The summed E-state index contributed by atoms with van der Waals surface area (Å²) in [7, 11) is 5.19. The summed E-state index contributed by atoms with van der Waals surface area (Å²) in [4.78, 5) is 7.83. The summed E-state index contributed by atoms with van der Waals surface area (Å²) in [6.07, 6.45) is 4.56. The third-order valence-electron chi connectivity index (χ3n) is 5.25. The van der Waals surface area contributed by atoms with E-state index in [9.17, 15) is 0 Å². The molecule has 0 saturated carbocycles. The van der Waals surface area contributed by atoms with E-state index < -0.39 is 0 Å². The van der Waals surface area contributed by atoms with Crippen LogP contribution in [0.3, 0.4) is 0 Å². The quantitative estimate of drug-likeness (QED) is 0.206. The molecule has 1 saturated heterocycles. The monoisotopic (exact) mass is 532 g/mol. The van der Waals surface area contributed by atoms with Gasteiger partial charge in [-0.25, -0.2) is 0 Å². The smallest absolute Gasteiger partial charge is 0.191 e. The van der Waals surface area contributed by atoms with Gasteiger partial charge >= 0.3 is 0 Å². The summed E-state index contributed by atoms with van der Waals surface area (Å²) in [5.41, 5.74) is 2.24. The molecule has 162 valence electrons.